The van der Waals surface area contributed by atoms with Crippen LogP contribution in [0, 0.1) is 5.82 Å². The smallest absolute Gasteiger partial charge is 0.254 e. The molecule has 1 aromatic carbocycles. The number of piperidine rings is 1. The molecule has 0 radical (unpaired) electrons. The van der Waals surface area contributed by atoms with E-state index >= 15 is 0 Å². The van der Waals surface area contributed by atoms with E-state index in [0.717, 1.165) is 31.0 Å². The molecule has 2 aromatic rings. The highest BCUT2D eigenvalue weighted by Gasteiger charge is 2.30. The van der Waals surface area contributed by atoms with Gasteiger partial charge in [0, 0.05) is 62.9 Å². The van der Waals surface area contributed by atoms with Gasteiger partial charge in [0.15, 0.2) is 0 Å². The zero-order valence-electron chi connectivity index (χ0n) is 16.7. The van der Waals surface area contributed by atoms with E-state index in [0.29, 0.717) is 39.3 Å². The number of piperazine rings is 1. The second-order valence-electron chi connectivity index (χ2n) is 7.59. The highest BCUT2D eigenvalue weighted by atomic mass is 32.2. The third kappa shape index (κ3) is 4.17. The van der Waals surface area contributed by atoms with Crippen molar-refractivity contribution in [3.05, 3.63) is 54.1 Å². The number of halogens is 1. The highest BCUT2D eigenvalue weighted by Crippen LogP contribution is 2.25. The zero-order valence-corrected chi connectivity index (χ0v) is 17.5. The first-order valence-electron chi connectivity index (χ1n) is 10.2. The van der Waals surface area contributed by atoms with Crippen LogP contribution in [0.5, 0.6) is 0 Å². The van der Waals surface area contributed by atoms with Gasteiger partial charge in [-0.1, -0.05) is 6.42 Å². The number of pyridine rings is 1. The molecular formula is C21H25FN4O3S. The van der Waals surface area contributed by atoms with Crippen LogP contribution in [0.3, 0.4) is 0 Å². The topological polar surface area (TPSA) is 73.8 Å². The molecule has 2 aliphatic rings. The summed E-state index contributed by atoms with van der Waals surface area (Å²) < 4.78 is 41.6. The molecule has 0 aliphatic carbocycles. The zero-order chi connectivity index (χ0) is 21.1. The van der Waals surface area contributed by atoms with Crippen LogP contribution in [0.1, 0.15) is 29.6 Å². The summed E-state index contributed by atoms with van der Waals surface area (Å²) in [7, 11) is -3.95. The van der Waals surface area contributed by atoms with Crippen molar-refractivity contribution in [2.45, 2.75) is 24.2 Å². The summed E-state index contributed by atoms with van der Waals surface area (Å²) in [5.41, 5.74) is 1.25. The number of anilines is 1. The third-order valence-corrected chi connectivity index (χ3v) is 7.62. The van der Waals surface area contributed by atoms with E-state index < -0.39 is 20.7 Å². The van der Waals surface area contributed by atoms with Crippen LogP contribution in [-0.4, -0.2) is 67.8 Å². The monoisotopic (exact) mass is 432 g/mol. The molecule has 0 spiro atoms. The molecule has 7 nitrogen and oxygen atoms in total. The normalized spacial score (nSPS) is 18.4. The van der Waals surface area contributed by atoms with Crippen LogP contribution in [-0.2, 0) is 10.0 Å². The number of amides is 1. The van der Waals surface area contributed by atoms with Crippen molar-refractivity contribution in [1.82, 2.24) is 14.2 Å². The largest absolute Gasteiger partial charge is 0.368 e. The number of aromatic nitrogens is 1. The fourth-order valence-electron chi connectivity index (χ4n) is 3.98. The van der Waals surface area contributed by atoms with Crippen LogP contribution in [0.15, 0.2) is 47.6 Å². The molecule has 3 heterocycles. The van der Waals surface area contributed by atoms with E-state index in [1.54, 1.807) is 17.3 Å². The molecule has 0 bridgehead atoms. The van der Waals surface area contributed by atoms with E-state index in [9.17, 15) is 17.6 Å². The number of hydrogen-bond donors (Lipinski definition) is 0. The van der Waals surface area contributed by atoms with E-state index in [2.05, 4.69) is 9.88 Å². The highest BCUT2D eigenvalue weighted by molar-refractivity contribution is 7.89. The number of nitrogens with zero attached hydrogens (tertiary/aromatic N) is 4. The summed E-state index contributed by atoms with van der Waals surface area (Å²) in [4.78, 5) is 20.4. The van der Waals surface area contributed by atoms with Crippen LogP contribution >= 0.6 is 0 Å². The molecule has 160 valence electrons. The Morgan fingerprint density at radius 2 is 1.57 bits per heavy atom. The third-order valence-electron chi connectivity index (χ3n) is 5.71. The summed E-state index contributed by atoms with van der Waals surface area (Å²) in [5, 5.41) is 0. The lowest BCUT2D eigenvalue weighted by molar-refractivity contribution is 0.0746. The van der Waals surface area contributed by atoms with Gasteiger partial charge in [-0.2, -0.15) is 4.31 Å². The number of carbonyl (C=O) groups excluding carboxylic acids is 1. The Balaban J connectivity index is 1.49. The maximum atomic E-state index is 14.4. The lowest BCUT2D eigenvalue weighted by Gasteiger charge is -2.36. The average Bonchev–Trinajstić information content (AvgIpc) is 2.80. The minimum Gasteiger partial charge on any atom is -0.368 e. The van der Waals surface area contributed by atoms with Crippen LogP contribution < -0.4 is 4.90 Å². The number of benzene rings is 1. The van der Waals surface area contributed by atoms with E-state index in [1.807, 2.05) is 12.1 Å². The van der Waals surface area contributed by atoms with Crippen molar-refractivity contribution in [2.24, 2.45) is 0 Å². The lowest BCUT2D eigenvalue weighted by Crippen LogP contribution is -2.48. The van der Waals surface area contributed by atoms with Gasteiger partial charge in [-0.15, -0.1) is 0 Å². The van der Waals surface area contributed by atoms with Gasteiger partial charge >= 0.3 is 0 Å². The maximum Gasteiger partial charge on any atom is 0.254 e. The molecule has 1 aromatic heterocycles. The van der Waals surface area contributed by atoms with Crippen LogP contribution in [0.2, 0.25) is 0 Å². The first-order chi connectivity index (χ1) is 14.5. The number of hydrogen-bond acceptors (Lipinski definition) is 5. The molecule has 4 rings (SSSR count). The van der Waals surface area contributed by atoms with Crippen LogP contribution in [0.25, 0.3) is 0 Å². The predicted molar refractivity (Wildman–Crippen MR) is 111 cm³/mol. The van der Waals surface area contributed by atoms with Crippen molar-refractivity contribution in [2.75, 3.05) is 44.2 Å². The van der Waals surface area contributed by atoms with Crippen molar-refractivity contribution >= 4 is 21.6 Å². The van der Waals surface area contributed by atoms with Crippen molar-refractivity contribution in [3.8, 4) is 0 Å². The van der Waals surface area contributed by atoms with Gasteiger partial charge < -0.3 is 9.80 Å². The molecule has 0 unspecified atom stereocenters. The fraction of sp³-hybridized carbons (Fsp3) is 0.429. The Morgan fingerprint density at radius 3 is 2.23 bits per heavy atom. The molecule has 9 heteroatoms. The predicted octanol–water partition coefficient (Wildman–Crippen LogP) is 2.36. The van der Waals surface area contributed by atoms with Crippen molar-refractivity contribution in [1.29, 1.82) is 0 Å². The second-order valence-corrected chi connectivity index (χ2v) is 9.50. The molecule has 0 N–H and O–H groups in total. The Bertz CT molecular complexity index is 1000. The minimum atomic E-state index is -3.95. The number of sulfonamides is 1. The summed E-state index contributed by atoms with van der Waals surface area (Å²) in [6.45, 7) is 3.11. The summed E-state index contributed by atoms with van der Waals surface area (Å²) in [6, 6.07) is 7.49. The van der Waals surface area contributed by atoms with Gasteiger partial charge in [0.25, 0.3) is 5.91 Å². The van der Waals surface area contributed by atoms with Gasteiger partial charge in [0.05, 0.1) is 0 Å². The van der Waals surface area contributed by atoms with Crippen molar-refractivity contribution < 1.29 is 17.6 Å². The lowest BCUT2D eigenvalue weighted by atomic mass is 10.1. The quantitative estimate of drug-likeness (QED) is 0.742. The molecular weight excluding hydrogens is 407 g/mol. The SMILES string of the molecule is O=C(c1ccc(F)c(S(=O)(=O)N2CCCCC2)c1)N1CCN(c2ccncc2)CC1. The van der Waals surface area contributed by atoms with Gasteiger partial charge in [0.2, 0.25) is 10.0 Å². The Hall–Kier alpha value is -2.52. The van der Waals surface area contributed by atoms with Gasteiger partial charge in [0.1, 0.15) is 10.7 Å². The molecule has 2 aliphatic heterocycles. The molecule has 30 heavy (non-hydrogen) atoms. The average molecular weight is 433 g/mol. The molecule has 0 saturated carbocycles. The molecule has 1 amide bonds. The molecule has 2 saturated heterocycles. The summed E-state index contributed by atoms with van der Waals surface area (Å²) >= 11 is 0. The Kier molecular flexibility index (Phi) is 6.01. The van der Waals surface area contributed by atoms with E-state index in [1.165, 1.54) is 16.4 Å². The number of rotatable bonds is 4. The first kappa shape index (κ1) is 20.7. The first-order valence-corrected chi connectivity index (χ1v) is 11.6. The van der Waals surface area contributed by atoms with Crippen LogP contribution in [0.4, 0.5) is 10.1 Å². The van der Waals surface area contributed by atoms with Gasteiger partial charge in [-0.3, -0.25) is 9.78 Å². The Morgan fingerprint density at radius 1 is 0.900 bits per heavy atom. The Labute approximate surface area is 176 Å². The standard InChI is InChI=1S/C21H25FN4O3S/c22-19-5-4-17(16-20(19)30(28,29)26-10-2-1-3-11-26)21(27)25-14-12-24(13-15-25)18-6-8-23-9-7-18/h4-9,16H,1-3,10-15H2. The summed E-state index contributed by atoms with van der Waals surface area (Å²) in [5.74, 6) is -1.10. The summed E-state index contributed by atoms with van der Waals surface area (Å²) in [6.07, 6.45) is 5.96. The number of carbonyl (C=O) groups is 1. The van der Waals surface area contributed by atoms with Crippen molar-refractivity contribution in [3.63, 3.8) is 0 Å². The molecule has 2 fully saturated rings. The van der Waals surface area contributed by atoms with E-state index in [-0.39, 0.29) is 11.5 Å². The molecule has 0 atom stereocenters. The minimum absolute atomic E-state index is 0.198. The van der Waals surface area contributed by atoms with Gasteiger partial charge in [-0.25, -0.2) is 12.8 Å². The van der Waals surface area contributed by atoms with Gasteiger partial charge in [-0.05, 0) is 43.2 Å². The maximum absolute atomic E-state index is 14.4. The fourth-order valence-corrected chi connectivity index (χ4v) is 5.59. The second kappa shape index (κ2) is 8.69. The van der Waals surface area contributed by atoms with E-state index in [4.69, 9.17) is 0 Å².